The molecule has 2 heteroatoms. The van der Waals surface area contributed by atoms with Crippen molar-refractivity contribution in [3.63, 3.8) is 0 Å². The molecule has 0 aliphatic heterocycles. The molecule has 166 valence electrons. The van der Waals surface area contributed by atoms with Crippen molar-refractivity contribution in [1.82, 2.24) is 4.57 Å². The van der Waals surface area contributed by atoms with E-state index in [0.717, 1.165) is 11.4 Å². The normalized spacial score (nSPS) is 10.6. The predicted octanol–water partition coefficient (Wildman–Crippen LogP) is 9.22. The molecular weight excluding hydrogens is 412 g/mol. The first-order valence-electron chi connectivity index (χ1n) is 11.9. The molecule has 0 saturated carbocycles. The molecule has 0 aliphatic carbocycles. The molecule has 0 radical (unpaired) electrons. The first-order chi connectivity index (χ1) is 16.9. The lowest BCUT2D eigenvalue weighted by atomic mass is 10.0. The number of benzene rings is 5. The van der Waals surface area contributed by atoms with Crippen LogP contribution in [0.15, 0.2) is 127 Å². The lowest BCUT2D eigenvalue weighted by Crippen LogP contribution is -1.92. The second kappa shape index (κ2) is 9.68. The fourth-order valence-electron chi connectivity index (χ4n) is 4.44. The molecular formula is C32H28N2. The summed E-state index contributed by atoms with van der Waals surface area (Å²) in [6.07, 6.45) is 0. The van der Waals surface area contributed by atoms with Gasteiger partial charge in [0.05, 0.1) is 11.0 Å². The molecule has 2 nitrogen and oxygen atoms in total. The standard InChI is InChI=1S/C30H22N2.C2H6/c1-3-9-24(10-4-1)31-25-18-15-22(16-19-25)23-17-20-30-28(21-23)27-13-7-8-14-29(27)32(30)26-11-5-2-6-12-26;1-2/h1-21,31H;1-2H3. The monoisotopic (exact) mass is 440 g/mol. The van der Waals surface area contributed by atoms with Gasteiger partial charge in [0.25, 0.3) is 0 Å². The Morgan fingerprint density at radius 2 is 1.03 bits per heavy atom. The first kappa shape index (κ1) is 21.5. The van der Waals surface area contributed by atoms with Crippen LogP contribution in [0.1, 0.15) is 13.8 Å². The molecule has 0 bridgehead atoms. The summed E-state index contributed by atoms with van der Waals surface area (Å²) in [5, 5.41) is 6.00. The van der Waals surface area contributed by atoms with E-state index in [1.165, 1.54) is 38.6 Å². The average molecular weight is 441 g/mol. The zero-order valence-corrected chi connectivity index (χ0v) is 19.6. The summed E-state index contributed by atoms with van der Waals surface area (Å²) in [7, 11) is 0. The van der Waals surface area contributed by atoms with Gasteiger partial charge in [-0.05, 0) is 65.7 Å². The second-order valence-electron chi connectivity index (χ2n) is 7.99. The van der Waals surface area contributed by atoms with E-state index in [1.807, 2.05) is 32.0 Å². The minimum atomic E-state index is 1.08. The number of para-hydroxylation sites is 3. The summed E-state index contributed by atoms with van der Waals surface area (Å²) in [6.45, 7) is 4.00. The highest BCUT2D eigenvalue weighted by atomic mass is 15.0. The van der Waals surface area contributed by atoms with E-state index < -0.39 is 0 Å². The van der Waals surface area contributed by atoms with Gasteiger partial charge in [-0.15, -0.1) is 0 Å². The average Bonchev–Trinajstić information content (AvgIpc) is 3.25. The highest BCUT2D eigenvalue weighted by Gasteiger charge is 2.12. The van der Waals surface area contributed by atoms with E-state index in [2.05, 4.69) is 119 Å². The van der Waals surface area contributed by atoms with Gasteiger partial charge in [-0.2, -0.15) is 0 Å². The zero-order valence-electron chi connectivity index (χ0n) is 19.6. The Morgan fingerprint density at radius 1 is 0.471 bits per heavy atom. The lowest BCUT2D eigenvalue weighted by molar-refractivity contribution is 1.18. The van der Waals surface area contributed by atoms with E-state index in [9.17, 15) is 0 Å². The summed E-state index contributed by atoms with van der Waals surface area (Å²) in [5.41, 5.74) is 8.25. The largest absolute Gasteiger partial charge is 0.356 e. The van der Waals surface area contributed by atoms with Gasteiger partial charge < -0.3 is 9.88 Å². The minimum absolute atomic E-state index is 1.08. The molecule has 0 saturated heterocycles. The molecule has 6 aromatic rings. The van der Waals surface area contributed by atoms with E-state index in [1.54, 1.807) is 0 Å². The highest BCUT2D eigenvalue weighted by Crippen LogP contribution is 2.35. The molecule has 1 aromatic heterocycles. The van der Waals surface area contributed by atoms with Crippen molar-refractivity contribution in [2.45, 2.75) is 13.8 Å². The molecule has 5 aromatic carbocycles. The quantitative estimate of drug-likeness (QED) is 0.289. The Hall–Kier alpha value is -4.30. The van der Waals surface area contributed by atoms with Crippen LogP contribution in [0.2, 0.25) is 0 Å². The van der Waals surface area contributed by atoms with Crippen LogP contribution in [0.5, 0.6) is 0 Å². The number of nitrogens with zero attached hydrogens (tertiary/aromatic N) is 1. The van der Waals surface area contributed by atoms with Crippen LogP contribution in [-0.2, 0) is 0 Å². The second-order valence-corrected chi connectivity index (χ2v) is 7.99. The van der Waals surface area contributed by atoms with Crippen LogP contribution >= 0.6 is 0 Å². The maximum Gasteiger partial charge on any atom is 0.0541 e. The van der Waals surface area contributed by atoms with Crippen molar-refractivity contribution in [1.29, 1.82) is 0 Å². The van der Waals surface area contributed by atoms with Crippen molar-refractivity contribution >= 4 is 33.2 Å². The van der Waals surface area contributed by atoms with E-state index in [4.69, 9.17) is 0 Å². The molecule has 0 fully saturated rings. The predicted molar refractivity (Wildman–Crippen MR) is 147 cm³/mol. The molecule has 0 amide bonds. The number of fused-ring (bicyclic) bond motifs is 3. The van der Waals surface area contributed by atoms with Crippen LogP contribution < -0.4 is 5.32 Å². The Balaban J connectivity index is 0.00000117. The number of hydrogen-bond donors (Lipinski definition) is 1. The maximum atomic E-state index is 3.45. The van der Waals surface area contributed by atoms with Gasteiger partial charge in [-0.25, -0.2) is 0 Å². The van der Waals surface area contributed by atoms with E-state index in [0.29, 0.717) is 0 Å². The van der Waals surface area contributed by atoms with Gasteiger partial charge in [0.15, 0.2) is 0 Å². The molecule has 6 rings (SSSR count). The van der Waals surface area contributed by atoms with Gasteiger partial charge in [0, 0.05) is 27.8 Å². The maximum absolute atomic E-state index is 3.45. The Morgan fingerprint density at radius 3 is 1.76 bits per heavy atom. The molecule has 0 atom stereocenters. The fourth-order valence-corrected chi connectivity index (χ4v) is 4.44. The van der Waals surface area contributed by atoms with Crippen LogP contribution in [0.25, 0.3) is 38.6 Å². The first-order valence-corrected chi connectivity index (χ1v) is 11.9. The number of hydrogen-bond acceptors (Lipinski definition) is 1. The number of anilines is 2. The summed E-state index contributed by atoms with van der Waals surface area (Å²) < 4.78 is 2.35. The van der Waals surface area contributed by atoms with Crippen LogP contribution in [0.4, 0.5) is 11.4 Å². The number of aromatic nitrogens is 1. The fraction of sp³-hybridized carbons (Fsp3) is 0.0625. The zero-order chi connectivity index (χ0) is 23.3. The Labute approximate surface area is 201 Å². The van der Waals surface area contributed by atoms with Gasteiger partial charge >= 0.3 is 0 Å². The number of nitrogens with one attached hydrogen (secondary N) is 1. The summed E-state index contributed by atoms with van der Waals surface area (Å²) in [5.74, 6) is 0. The smallest absolute Gasteiger partial charge is 0.0541 e. The van der Waals surface area contributed by atoms with Crippen LogP contribution in [-0.4, -0.2) is 4.57 Å². The molecule has 0 aliphatic rings. The van der Waals surface area contributed by atoms with Crippen molar-refractivity contribution in [3.05, 3.63) is 127 Å². The number of rotatable bonds is 4. The Bertz CT molecular complexity index is 1510. The molecule has 1 heterocycles. The van der Waals surface area contributed by atoms with Crippen molar-refractivity contribution in [2.75, 3.05) is 5.32 Å². The molecule has 1 N–H and O–H groups in total. The summed E-state index contributed by atoms with van der Waals surface area (Å²) in [6, 6.07) is 44.9. The van der Waals surface area contributed by atoms with Crippen LogP contribution in [0, 0.1) is 0 Å². The Kier molecular flexibility index (Phi) is 6.13. The lowest BCUT2D eigenvalue weighted by Gasteiger charge is -2.09. The highest BCUT2D eigenvalue weighted by molar-refractivity contribution is 6.10. The van der Waals surface area contributed by atoms with E-state index in [-0.39, 0.29) is 0 Å². The van der Waals surface area contributed by atoms with Crippen molar-refractivity contribution < 1.29 is 0 Å². The topological polar surface area (TPSA) is 17.0 Å². The third-order valence-corrected chi connectivity index (χ3v) is 5.97. The summed E-state index contributed by atoms with van der Waals surface area (Å²) >= 11 is 0. The third kappa shape index (κ3) is 4.06. The van der Waals surface area contributed by atoms with Gasteiger partial charge in [-0.3, -0.25) is 0 Å². The van der Waals surface area contributed by atoms with Gasteiger partial charge in [-0.1, -0.05) is 86.6 Å². The summed E-state index contributed by atoms with van der Waals surface area (Å²) in [4.78, 5) is 0. The third-order valence-electron chi connectivity index (χ3n) is 5.97. The van der Waals surface area contributed by atoms with Crippen molar-refractivity contribution in [2.24, 2.45) is 0 Å². The van der Waals surface area contributed by atoms with E-state index >= 15 is 0 Å². The minimum Gasteiger partial charge on any atom is -0.356 e. The van der Waals surface area contributed by atoms with Gasteiger partial charge in [0.1, 0.15) is 0 Å². The molecule has 0 spiro atoms. The molecule has 0 unspecified atom stereocenters. The van der Waals surface area contributed by atoms with Crippen molar-refractivity contribution in [3.8, 4) is 16.8 Å². The SMILES string of the molecule is CC.c1ccc(Nc2ccc(-c3ccc4c(c3)c3ccccc3n4-c3ccccc3)cc2)cc1. The van der Waals surface area contributed by atoms with Crippen LogP contribution in [0.3, 0.4) is 0 Å². The van der Waals surface area contributed by atoms with Gasteiger partial charge in [0.2, 0.25) is 0 Å². The molecule has 34 heavy (non-hydrogen) atoms.